The van der Waals surface area contributed by atoms with Crippen LogP contribution in [0.25, 0.3) is 0 Å². The molecule has 1 fully saturated rings. The van der Waals surface area contributed by atoms with E-state index in [1.807, 2.05) is 7.05 Å². The summed E-state index contributed by atoms with van der Waals surface area (Å²) in [6.45, 7) is 4.65. The lowest BCUT2D eigenvalue weighted by Crippen LogP contribution is -2.10. The minimum absolute atomic E-state index is 0.344. The Hall–Kier alpha value is -0.0800. The van der Waals surface area contributed by atoms with E-state index >= 15 is 0 Å². The maximum absolute atomic E-state index is 8.07. The molecule has 1 saturated carbocycles. The molecule has 2 unspecified atom stereocenters. The van der Waals surface area contributed by atoms with Gasteiger partial charge in [-0.25, -0.2) is 0 Å². The number of hydrogen-bond donors (Lipinski definition) is 2. The highest BCUT2D eigenvalue weighted by Crippen LogP contribution is 2.32. The van der Waals surface area contributed by atoms with Crippen LogP contribution in [-0.2, 0) is 0 Å². The van der Waals surface area contributed by atoms with Crippen molar-refractivity contribution in [2.24, 2.45) is 5.92 Å². The first kappa shape index (κ1) is 11.9. The smallest absolute Gasteiger partial charge is 0.0430 e. The molecule has 2 nitrogen and oxygen atoms in total. The van der Waals surface area contributed by atoms with Crippen LogP contribution in [0, 0.1) is 5.92 Å². The monoisotopic (exact) mass is 173 g/mol. The minimum Gasteiger partial charge on any atom is -0.396 e. The fraction of sp³-hybridized carbons (Fsp3) is 1.00. The fourth-order valence-corrected chi connectivity index (χ4v) is 1.21. The molecule has 0 saturated heterocycles. The van der Waals surface area contributed by atoms with Crippen molar-refractivity contribution in [1.29, 1.82) is 0 Å². The van der Waals surface area contributed by atoms with E-state index in [-0.39, 0.29) is 0 Å². The van der Waals surface area contributed by atoms with Crippen LogP contribution in [0.15, 0.2) is 0 Å². The predicted molar refractivity (Wildman–Crippen MR) is 53.2 cm³/mol. The summed E-state index contributed by atoms with van der Waals surface area (Å²) in [6.07, 6.45) is 4.80. The van der Waals surface area contributed by atoms with Gasteiger partial charge < -0.3 is 10.4 Å². The highest BCUT2D eigenvalue weighted by Gasteiger charge is 2.33. The fourth-order valence-electron chi connectivity index (χ4n) is 1.21. The van der Waals surface area contributed by atoms with E-state index in [4.69, 9.17) is 5.11 Å². The Labute approximate surface area is 76.4 Å². The lowest BCUT2D eigenvalue weighted by molar-refractivity contribution is 0.287. The molecule has 0 aromatic heterocycles. The van der Waals surface area contributed by atoms with Crippen molar-refractivity contribution in [3.8, 4) is 0 Å². The number of aliphatic hydroxyl groups is 1. The molecule has 2 N–H and O–H groups in total. The van der Waals surface area contributed by atoms with Crippen LogP contribution in [0.2, 0.25) is 0 Å². The van der Waals surface area contributed by atoms with E-state index in [0.29, 0.717) is 6.61 Å². The number of unbranched alkanes of at least 4 members (excludes halogenated alkanes) is 1. The summed E-state index contributed by atoms with van der Waals surface area (Å²) in [5.74, 6) is 1.00. The summed E-state index contributed by atoms with van der Waals surface area (Å²) in [4.78, 5) is 0. The Morgan fingerprint density at radius 1 is 1.42 bits per heavy atom. The van der Waals surface area contributed by atoms with Crippen molar-refractivity contribution in [3.05, 3.63) is 0 Å². The van der Waals surface area contributed by atoms with Crippen molar-refractivity contribution in [2.75, 3.05) is 13.7 Å². The lowest BCUT2D eigenvalue weighted by Gasteiger charge is -1.89. The van der Waals surface area contributed by atoms with E-state index in [2.05, 4.69) is 19.2 Å². The quantitative estimate of drug-likeness (QED) is 0.679. The molecular weight excluding hydrogens is 150 g/mol. The zero-order valence-electron chi connectivity index (χ0n) is 8.64. The van der Waals surface area contributed by atoms with Crippen molar-refractivity contribution in [3.63, 3.8) is 0 Å². The lowest BCUT2D eigenvalue weighted by atomic mass is 10.3. The largest absolute Gasteiger partial charge is 0.396 e. The van der Waals surface area contributed by atoms with Crippen molar-refractivity contribution < 1.29 is 5.11 Å². The second-order valence-corrected chi connectivity index (χ2v) is 3.38. The summed E-state index contributed by atoms with van der Waals surface area (Å²) in [7, 11) is 2.04. The number of nitrogens with one attached hydrogen (secondary N) is 1. The minimum atomic E-state index is 0.344. The molecule has 0 bridgehead atoms. The van der Waals surface area contributed by atoms with E-state index in [9.17, 15) is 0 Å². The van der Waals surface area contributed by atoms with Crippen molar-refractivity contribution >= 4 is 0 Å². The molecule has 2 atom stereocenters. The van der Waals surface area contributed by atoms with E-state index in [1.54, 1.807) is 0 Å². The maximum Gasteiger partial charge on any atom is 0.0430 e. The van der Waals surface area contributed by atoms with Gasteiger partial charge in [-0.15, -0.1) is 0 Å². The van der Waals surface area contributed by atoms with Gasteiger partial charge in [0.15, 0.2) is 0 Å². The Balaban J connectivity index is 0.000000217. The van der Waals surface area contributed by atoms with Gasteiger partial charge in [-0.05, 0) is 25.8 Å². The molecule has 1 aliphatic carbocycles. The standard InChI is InChI=1S/C6H13N.C4H10O/c1-3-5-4-6(5)7-2;1-2-3-4-5/h5-7H,3-4H2,1-2H3;5H,2-4H2,1H3. The Morgan fingerprint density at radius 3 is 2.17 bits per heavy atom. The average molecular weight is 173 g/mol. The highest BCUT2D eigenvalue weighted by atomic mass is 16.2. The van der Waals surface area contributed by atoms with Gasteiger partial charge in [-0.3, -0.25) is 0 Å². The number of hydrogen-bond acceptors (Lipinski definition) is 2. The third-order valence-corrected chi connectivity index (χ3v) is 2.33. The topological polar surface area (TPSA) is 32.3 Å². The summed E-state index contributed by atoms with van der Waals surface area (Å²) in [6, 6.07) is 0.866. The number of aliphatic hydroxyl groups excluding tert-OH is 1. The zero-order chi connectivity index (χ0) is 9.40. The molecule has 74 valence electrons. The SMILES string of the molecule is CCC1CC1NC.CCCCO. The Bertz CT molecular complexity index is 85.8. The molecular formula is C10H23NO. The Morgan fingerprint density at radius 2 is 2.08 bits per heavy atom. The Kier molecular flexibility index (Phi) is 7.51. The summed E-state index contributed by atoms with van der Waals surface area (Å²) in [5.41, 5.74) is 0. The van der Waals surface area contributed by atoms with Crippen molar-refractivity contribution in [2.45, 2.75) is 45.6 Å². The van der Waals surface area contributed by atoms with Crippen LogP contribution in [0.4, 0.5) is 0 Å². The van der Waals surface area contributed by atoms with E-state index in [0.717, 1.165) is 24.8 Å². The molecule has 0 spiro atoms. The van der Waals surface area contributed by atoms with Gasteiger partial charge in [0.1, 0.15) is 0 Å². The third-order valence-electron chi connectivity index (χ3n) is 2.33. The van der Waals surface area contributed by atoms with Crippen LogP contribution >= 0.6 is 0 Å². The molecule has 12 heavy (non-hydrogen) atoms. The van der Waals surface area contributed by atoms with Crippen LogP contribution < -0.4 is 5.32 Å². The molecule has 0 aliphatic heterocycles. The molecule has 1 rings (SSSR count). The first-order valence-corrected chi connectivity index (χ1v) is 5.08. The summed E-state index contributed by atoms with van der Waals surface area (Å²) < 4.78 is 0. The highest BCUT2D eigenvalue weighted by molar-refractivity contribution is 4.90. The van der Waals surface area contributed by atoms with Crippen LogP contribution in [0.5, 0.6) is 0 Å². The molecule has 1 aliphatic rings. The van der Waals surface area contributed by atoms with Crippen LogP contribution in [0.1, 0.15) is 39.5 Å². The predicted octanol–water partition coefficient (Wildman–Crippen LogP) is 1.78. The van der Waals surface area contributed by atoms with Gasteiger partial charge in [0.05, 0.1) is 0 Å². The van der Waals surface area contributed by atoms with Gasteiger partial charge >= 0.3 is 0 Å². The first-order valence-electron chi connectivity index (χ1n) is 5.08. The van der Waals surface area contributed by atoms with E-state index in [1.165, 1.54) is 12.8 Å². The molecule has 0 aromatic carbocycles. The second-order valence-electron chi connectivity index (χ2n) is 3.38. The summed E-state index contributed by atoms with van der Waals surface area (Å²) in [5, 5.41) is 11.3. The first-order chi connectivity index (χ1) is 5.79. The summed E-state index contributed by atoms with van der Waals surface area (Å²) >= 11 is 0. The third kappa shape index (κ3) is 5.56. The van der Waals surface area contributed by atoms with Gasteiger partial charge in [-0.1, -0.05) is 26.7 Å². The van der Waals surface area contributed by atoms with Gasteiger partial charge in [0.2, 0.25) is 0 Å². The van der Waals surface area contributed by atoms with Crippen LogP contribution in [0.3, 0.4) is 0 Å². The molecule has 0 aromatic rings. The van der Waals surface area contributed by atoms with Gasteiger partial charge in [-0.2, -0.15) is 0 Å². The zero-order valence-corrected chi connectivity index (χ0v) is 8.64. The molecule has 0 heterocycles. The molecule has 0 radical (unpaired) electrons. The maximum atomic E-state index is 8.07. The second kappa shape index (κ2) is 7.56. The van der Waals surface area contributed by atoms with Crippen molar-refractivity contribution in [1.82, 2.24) is 5.32 Å². The normalized spacial score (nSPS) is 26.0. The van der Waals surface area contributed by atoms with Crippen LogP contribution in [-0.4, -0.2) is 24.8 Å². The number of rotatable bonds is 4. The van der Waals surface area contributed by atoms with Gasteiger partial charge in [0, 0.05) is 12.6 Å². The average Bonchev–Trinajstić information content (AvgIpc) is 2.85. The molecule has 0 amide bonds. The van der Waals surface area contributed by atoms with Gasteiger partial charge in [0.25, 0.3) is 0 Å². The van der Waals surface area contributed by atoms with E-state index < -0.39 is 0 Å². The molecule has 2 heteroatoms.